The van der Waals surface area contributed by atoms with Crippen molar-refractivity contribution in [2.45, 2.75) is 38.8 Å². The van der Waals surface area contributed by atoms with Gasteiger partial charge in [-0.15, -0.1) is 11.3 Å². The molecule has 2 aromatic rings. The van der Waals surface area contributed by atoms with E-state index in [1.54, 1.807) is 18.4 Å². The van der Waals surface area contributed by atoms with Gasteiger partial charge in [-0.25, -0.2) is 4.79 Å². The molecule has 0 bridgehead atoms. The molecule has 0 saturated heterocycles. The molecule has 5 heteroatoms. The number of nitrogens with one attached hydrogen (secondary N) is 2. The molecule has 0 fully saturated rings. The molecule has 2 amide bonds. The van der Waals surface area contributed by atoms with E-state index in [0.29, 0.717) is 0 Å². The van der Waals surface area contributed by atoms with Crippen LogP contribution < -0.4 is 15.4 Å². The molecule has 23 heavy (non-hydrogen) atoms. The number of methoxy groups -OCH3 is 1. The number of amides is 2. The predicted octanol–water partition coefficient (Wildman–Crippen LogP) is 4.14. The van der Waals surface area contributed by atoms with E-state index < -0.39 is 0 Å². The van der Waals surface area contributed by atoms with Crippen molar-refractivity contribution in [3.8, 4) is 5.75 Å². The summed E-state index contributed by atoms with van der Waals surface area (Å²) in [7, 11) is 1.66. The first-order chi connectivity index (χ1) is 11.1. The standard InChI is InChI=1S/C18H24N2O2S/c1-4-16(17-9-6-10-23-17)20-18(21)19-13(2)11-14-7-5-8-15(12-14)22-3/h5-10,12-13,16H,4,11H2,1-3H3,(H2,19,20,21). The lowest BCUT2D eigenvalue weighted by Crippen LogP contribution is -2.42. The van der Waals surface area contributed by atoms with E-state index in [1.807, 2.05) is 42.6 Å². The van der Waals surface area contributed by atoms with Crippen LogP contribution in [0, 0.1) is 0 Å². The summed E-state index contributed by atoms with van der Waals surface area (Å²) >= 11 is 1.67. The maximum absolute atomic E-state index is 12.2. The van der Waals surface area contributed by atoms with E-state index in [4.69, 9.17) is 4.74 Å². The molecular weight excluding hydrogens is 308 g/mol. The van der Waals surface area contributed by atoms with Gasteiger partial charge in [-0.3, -0.25) is 0 Å². The number of carbonyl (C=O) groups excluding carboxylic acids is 1. The Bertz CT molecular complexity index is 613. The van der Waals surface area contributed by atoms with Gasteiger partial charge in [0.1, 0.15) is 5.75 Å². The summed E-state index contributed by atoms with van der Waals surface area (Å²) in [5.41, 5.74) is 1.14. The summed E-state index contributed by atoms with van der Waals surface area (Å²) in [4.78, 5) is 13.4. The lowest BCUT2D eigenvalue weighted by molar-refractivity contribution is 0.233. The Morgan fingerprint density at radius 3 is 2.74 bits per heavy atom. The Kier molecular flexibility index (Phi) is 6.47. The number of ether oxygens (including phenoxy) is 1. The minimum absolute atomic E-state index is 0.0444. The SMILES string of the molecule is CCC(NC(=O)NC(C)Cc1cccc(OC)c1)c1cccs1. The van der Waals surface area contributed by atoms with Crippen LogP contribution in [0.5, 0.6) is 5.75 Å². The molecule has 0 spiro atoms. The number of urea groups is 1. The van der Waals surface area contributed by atoms with Crippen LogP contribution in [0.25, 0.3) is 0 Å². The first kappa shape index (κ1) is 17.3. The number of thiophene rings is 1. The van der Waals surface area contributed by atoms with Crippen LogP contribution >= 0.6 is 11.3 Å². The highest BCUT2D eigenvalue weighted by Gasteiger charge is 2.15. The van der Waals surface area contributed by atoms with Crippen molar-refractivity contribution in [1.82, 2.24) is 10.6 Å². The lowest BCUT2D eigenvalue weighted by atomic mass is 10.1. The molecule has 1 aromatic heterocycles. The van der Waals surface area contributed by atoms with Gasteiger partial charge in [0, 0.05) is 10.9 Å². The molecule has 0 aliphatic heterocycles. The molecule has 2 atom stereocenters. The average molecular weight is 332 g/mol. The fourth-order valence-electron chi connectivity index (χ4n) is 2.49. The second-order valence-electron chi connectivity index (χ2n) is 5.55. The Morgan fingerprint density at radius 2 is 2.09 bits per heavy atom. The summed E-state index contributed by atoms with van der Waals surface area (Å²) in [6.45, 7) is 4.08. The number of hydrogen-bond acceptors (Lipinski definition) is 3. The van der Waals surface area contributed by atoms with Crippen molar-refractivity contribution < 1.29 is 9.53 Å². The molecule has 0 aliphatic rings. The van der Waals surface area contributed by atoms with Gasteiger partial charge in [0.2, 0.25) is 0 Å². The first-order valence-electron chi connectivity index (χ1n) is 7.85. The molecule has 4 nitrogen and oxygen atoms in total. The topological polar surface area (TPSA) is 50.4 Å². The molecule has 0 radical (unpaired) electrons. The Labute approximate surface area is 141 Å². The van der Waals surface area contributed by atoms with Crippen LogP contribution in [0.2, 0.25) is 0 Å². The van der Waals surface area contributed by atoms with Crippen LogP contribution in [0.4, 0.5) is 4.79 Å². The Balaban J connectivity index is 1.86. The van der Waals surface area contributed by atoms with Crippen molar-refractivity contribution in [1.29, 1.82) is 0 Å². The van der Waals surface area contributed by atoms with Crippen molar-refractivity contribution >= 4 is 17.4 Å². The van der Waals surface area contributed by atoms with Gasteiger partial charge in [-0.05, 0) is 48.9 Å². The second-order valence-corrected chi connectivity index (χ2v) is 6.53. The third-order valence-electron chi connectivity index (χ3n) is 3.65. The highest BCUT2D eigenvalue weighted by Crippen LogP contribution is 2.21. The maximum atomic E-state index is 12.2. The second kappa shape index (κ2) is 8.58. The van der Waals surface area contributed by atoms with Gasteiger partial charge in [0.25, 0.3) is 0 Å². The third kappa shape index (κ3) is 5.28. The third-order valence-corrected chi connectivity index (χ3v) is 4.64. The summed E-state index contributed by atoms with van der Waals surface area (Å²) < 4.78 is 5.23. The minimum atomic E-state index is -0.124. The van der Waals surface area contributed by atoms with Crippen molar-refractivity contribution in [3.05, 3.63) is 52.2 Å². The molecule has 124 valence electrons. The van der Waals surface area contributed by atoms with Crippen molar-refractivity contribution in [3.63, 3.8) is 0 Å². The number of hydrogen-bond donors (Lipinski definition) is 2. The van der Waals surface area contributed by atoms with E-state index >= 15 is 0 Å². The van der Waals surface area contributed by atoms with Crippen molar-refractivity contribution in [2.75, 3.05) is 7.11 Å². The largest absolute Gasteiger partial charge is 0.497 e. The molecule has 2 N–H and O–H groups in total. The molecule has 2 rings (SSSR count). The van der Waals surface area contributed by atoms with Gasteiger partial charge in [0.15, 0.2) is 0 Å². The predicted molar refractivity (Wildman–Crippen MR) is 95.2 cm³/mol. The number of carbonyl (C=O) groups is 1. The smallest absolute Gasteiger partial charge is 0.315 e. The van der Waals surface area contributed by atoms with E-state index in [0.717, 1.165) is 24.2 Å². The first-order valence-corrected chi connectivity index (χ1v) is 8.73. The zero-order chi connectivity index (χ0) is 16.7. The minimum Gasteiger partial charge on any atom is -0.497 e. The molecule has 2 unspecified atom stereocenters. The number of rotatable bonds is 7. The van der Waals surface area contributed by atoms with Gasteiger partial charge in [-0.1, -0.05) is 25.1 Å². The van der Waals surface area contributed by atoms with Crippen LogP contribution in [-0.2, 0) is 6.42 Å². The van der Waals surface area contributed by atoms with Crippen LogP contribution in [0.15, 0.2) is 41.8 Å². The Morgan fingerprint density at radius 1 is 1.26 bits per heavy atom. The summed E-state index contributed by atoms with van der Waals surface area (Å²) in [6.07, 6.45) is 1.64. The molecule has 1 heterocycles. The zero-order valence-electron chi connectivity index (χ0n) is 13.8. The van der Waals surface area contributed by atoms with Gasteiger partial charge in [0.05, 0.1) is 13.2 Å². The fourth-order valence-corrected chi connectivity index (χ4v) is 3.35. The summed E-state index contributed by atoms with van der Waals surface area (Å²) in [5, 5.41) is 8.08. The zero-order valence-corrected chi connectivity index (χ0v) is 14.7. The van der Waals surface area contributed by atoms with Gasteiger partial charge >= 0.3 is 6.03 Å². The summed E-state index contributed by atoms with van der Waals surface area (Å²) in [5.74, 6) is 0.836. The highest BCUT2D eigenvalue weighted by molar-refractivity contribution is 7.10. The van der Waals surface area contributed by atoms with E-state index in [1.165, 1.54) is 4.88 Å². The molecule has 0 aliphatic carbocycles. The van der Waals surface area contributed by atoms with E-state index in [-0.39, 0.29) is 18.1 Å². The van der Waals surface area contributed by atoms with Gasteiger partial charge < -0.3 is 15.4 Å². The average Bonchev–Trinajstić information content (AvgIpc) is 3.06. The maximum Gasteiger partial charge on any atom is 0.315 e. The molecular formula is C18H24N2O2S. The van der Waals surface area contributed by atoms with Crippen LogP contribution in [0.1, 0.15) is 36.8 Å². The number of benzene rings is 1. The monoisotopic (exact) mass is 332 g/mol. The Hall–Kier alpha value is -2.01. The normalized spacial score (nSPS) is 13.2. The van der Waals surface area contributed by atoms with Crippen LogP contribution in [-0.4, -0.2) is 19.2 Å². The molecule has 0 saturated carbocycles. The quantitative estimate of drug-likeness (QED) is 0.800. The van der Waals surface area contributed by atoms with Gasteiger partial charge in [-0.2, -0.15) is 0 Å². The fraction of sp³-hybridized carbons (Fsp3) is 0.389. The van der Waals surface area contributed by atoms with E-state index in [2.05, 4.69) is 23.6 Å². The van der Waals surface area contributed by atoms with Crippen molar-refractivity contribution in [2.24, 2.45) is 0 Å². The summed E-state index contributed by atoms with van der Waals surface area (Å²) in [6, 6.07) is 12.0. The molecule has 1 aromatic carbocycles. The lowest BCUT2D eigenvalue weighted by Gasteiger charge is -2.19. The highest BCUT2D eigenvalue weighted by atomic mass is 32.1. The van der Waals surface area contributed by atoms with E-state index in [9.17, 15) is 4.79 Å². The van der Waals surface area contributed by atoms with Crippen LogP contribution in [0.3, 0.4) is 0 Å².